The highest BCUT2D eigenvalue weighted by Crippen LogP contribution is 2.10. The third-order valence-electron chi connectivity index (χ3n) is 3.08. The molecule has 1 saturated heterocycles. The first-order chi connectivity index (χ1) is 8.86. The average molecular weight is 285 g/mol. The van der Waals surface area contributed by atoms with E-state index >= 15 is 0 Å². The summed E-state index contributed by atoms with van der Waals surface area (Å²) in [6.07, 6.45) is 2.07. The van der Waals surface area contributed by atoms with Crippen LogP contribution in [0.15, 0.2) is 30.3 Å². The fourth-order valence-electron chi connectivity index (χ4n) is 2.08. The van der Waals surface area contributed by atoms with E-state index in [4.69, 9.17) is 4.74 Å². The number of hydrogen-bond donors (Lipinski definition) is 2. The van der Waals surface area contributed by atoms with E-state index in [9.17, 15) is 4.79 Å². The van der Waals surface area contributed by atoms with E-state index in [1.807, 2.05) is 30.3 Å². The van der Waals surface area contributed by atoms with Crippen molar-refractivity contribution in [3.63, 3.8) is 0 Å². The zero-order chi connectivity index (χ0) is 12.6. The molecule has 2 N–H and O–H groups in total. The van der Waals surface area contributed by atoms with Gasteiger partial charge < -0.3 is 15.4 Å². The highest BCUT2D eigenvalue weighted by Gasteiger charge is 2.19. The molecule has 0 aliphatic carbocycles. The van der Waals surface area contributed by atoms with Crippen molar-refractivity contribution in [2.75, 3.05) is 26.2 Å². The fraction of sp³-hybridized carbons (Fsp3) is 0.500. The Morgan fingerprint density at radius 3 is 2.84 bits per heavy atom. The van der Waals surface area contributed by atoms with Gasteiger partial charge in [-0.15, -0.1) is 12.4 Å². The summed E-state index contributed by atoms with van der Waals surface area (Å²) in [6.45, 7) is 2.90. The van der Waals surface area contributed by atoms with Gasteiger partial charge in [-0.25, -0.2) is 0 Å². The molecule has 1 heterocycles. The van der Waals surface area contributed by atoms with Gasteiger partial charge in [0.2, 0.25) is 5.91 Å². The van der Waals surface area contributed by atoms with Crippen molar-refractivity contribution in [1.29, 1.82) is 0 Å². The number of halogens is 1. The third-order valence-corrected chi connectivity index (χ3v) is 3.08. The van der Waals surface area contributed by atoms with E-state index in [0.29, 0.717) is 13.2 Å². The standard InChI is InChI=1S/C14H20N2O2.ClH/c17-14(12-5-4-8-15-11-12)16-9-10-18-13-6-2-1-3-7-13;/h1-3,6-7,12,15H,4-5,8-11H2,(H,16,17);1H/t12-;/m1./s1. The van der Waals surface area contributed by atoms with Crippen LogP contribution in [0.1, 0.15) is 12.8 Å². The second-order valence-corrected chi connectivity index (χ2v) is 4.50. The summed E-state index contributed by atoms with van der Waals surface area (Å²) in [5.74, 6) is 1.10. The maximum absolute atomic E-state index is 11.8. The number of para-hydroxylation sites is 1. The largest absolute Gasteiger partial charge is 0.492 e. The average Bonchev–Trinajstić information content (AvgIpc) is 2.45. The lowest BCUT2D eigenvalue weighted by Crippen LogP contribution is -2.41. The Morgan fingerprint density at radius 1 is 1.37 bits per heavy atom. The van der Waals surface area contributed by atoms with Crippen LogP contribution in [0.3, 0.4) is 0 Å². The minimum Gasteiger partial charge on any atom is -0.492 e. The summed E-state index contributed by atoms with van der Waals surface area (Å²) in [5.41, 5.74) is 0. The number of carbonyl (C=O) groups is 1. The Labute approximate surface area is 120 Å². The molecule has 2 rings (SSSR count). The lowest BCUT2D eigenvalue weighted by atomic mass is 9.99. The lowest BCUT2D eigenvalue weighted by molar-refractivity contribution is -0.125. The Kier molecular flexibility index (Phi) is 7.30. The Morgan fingerprint density at radius 2 is 2.16 bits per heavy atom. The van der Waals surface area contributed by atoms with E-state index in [0.717, 1.165) is 31.7 Å². The molecule has 1 atom stereocenters. The van der Waals surface area contributed by atoms with E-state index in [1.165, 1.54) is 0 Å². The quantitative estimate of drug-likeness (QED) is 0.808. The molecule has 1 fully saturated rings. The maximum Gasteiger partial charge on any atom is 0.224 e. The molecule has 1 aromatic rings. The van der Waals surface area contributed by atoms with Gasteiger partial charge in [0.15, 0.2) is 0 Å². The van der Waals surface area contributed by atoms with E-state index in [-0.39, 0.29) is 24.2 Å². The van der Waals surface area contributed by atoms with Gasteiger partial charge in [0.25, 0.3) is 0 Å². The molecule has 4 nitrogen and oxygen atoms in total. The monoisotopic (exact) mass is 284 g/mol. The van der Waals surface area contributed by atoms with E-state index in [2.05, 4.69) is 10.6 Å². The second-order valence-electron chi connectivity index (χ2n) is 4.50. The SMILES string of the molecule is Cl.O=C(NCCOc1ccccc1)[C@@H]1CCCNC1. The summed E-state index contributed by atoms with van der Waals surface area (Å²) in [4.78, 5) is 11.8. The maximum atomic E-state index is 11.8. The van der Waals surface area contributed by atoms with Gasteiger partial charge in [0.1, 0.15) is 12.4 Å². The van der Waals surface area contributed by atoms with Crippen LogP contribution in [0.5, 0.6) is 5.75 Å². The first kappa shape index (κ1) is 15.8. The highest BCUT2D eigenvalue weighted by molar-refractivity contribution is 5.85. The first-order valence-corrected chi connectivity index (χ1v) is 6.52. The molecular weight excluding hydrogens is 264 g/mol. The van der Waals surface area contributed by atoms with E-state index in [1.54, 1.807) is 0 Å². The van der Waals surface area contributed by atoms with Crippen LogP contribution in [-0.2, 0) is 4.79 Å². The molecule has 1 aliphatic rings. The summed E-state index contributed by atoms with van der Waals surface area (Å²) in [5, 5.41) is 6.16. The number of hydrogen-bond acceptors (Lipinski definition) is 3. The lowest BCUT2D eigenvalue weighted by Gasteiger charge is -2.21. The minimum atomic E-state index is 0. The van der Waals surface area contributed by atoms with Gasteiger partial charge >= 0.3 is 0 Å². The van der Waals surface area contributed by atoms with Gasteiger partial charge in [0, 0.05) is 6.54 Å². The second kappa shape index (κ2) is 8.77. The van der Waals surface area contributed by atoms with Crippen LogP contribution in [0.25, 0.3) is 0 Å². The predicted molar refractivity (Wildman–Crippen MR) is 77.8 cm³/mol. The van der Waals surface area contributed by atoms with Gasteiger partial charge in [-0.1, -0.05) is 18.2 Å². The summed E-state index contributed by atoms with van der Waals surface area (Å²) < 4.78 is 5.51. The van der Waals surface area contributed by atoms with Crippen LogP contribution < -0.4 is 15.4 Å². The molecule has 1 aromatic carbocycles. The van der Waals surface area contributed by atoms with Crippen LogP contribution >= 0.6 is 12.4 Å². The molecule has 0 radical (unpaired) electrons. The number of nitrogens with one attached hydrogen (secondary N) is 2. The predicted octanol–water partition coefficient (Wildman–Crippen LogP) is 1.60. The van der Waals surface area contributed by atoms with Crippen molar-refractivity contribution in [2.45, 2.75) is 12.8 Å². The molecule has 0 aromatic heterocycles. The first-order valence-electron chi connectivity index (χ1n) is 6.52. The number of piperidine rings is 1. The highest BCUT2D eigenvalue weighted by atomic mass is 35.5. The molecule has 0 unspecified atom stereocenters. The van der Waals surface area contributed by atoms with Crippen molar-refractivity contribution >= 4 is 18.3 Å². The molecule has 19 heavy (non-hydrogen) atoms. The summed E-state index contributed by atoms with van der Waals surface area (Å²) in [7, 11) is 0. The molecule has 0 spiro atoms. The van der Waals surface area contributed by atoms with Crippen molar-refractivity contribution in [3.05, 3.63) is 30.3 Å². The molecule has 0 saturated carbocycles. The number of ether oxygens (including phenoxy) is 1. The summed E-state index contributed by atoms with van der Waals surface area (Å²) >= 11 is 0. The normalized spacial score (nSPS) is 18.2. The Bertz CT molecular complexity index is 367. The zero-order valence-corrected chi connectivity index (χ0v) is 11.7. The van der Waals surface area contributed by atoms with Gasteiger partial charge in [-0.3, -0.25) is 4.79 Å². The van der Waals surface area contributed by atoms with Gasteiger partial charge in [-0.2, -0.15) is 0 Å². The number of amides is 1. The molecule has 5 heteroatoms. The van der Waals surface area contributed by atoms with Crippen molar-refractivity contribution in [2.24, 2.45) is 5.92 Å². The van der Waals surface area contributed by atoms with Gasteiger partial charge in [-0.05, 0) is 31.5 Å². The minimum absolute atomic E-state index is 0. The van der Waals surface area contributed by atoms with Crippen LogP contribution in [-0.4, -0.2) is 32.1 Å². The van der Waals surface area contributed by atoms with Gasteiger partial charge in [0.05, 0.1) is 12.5 Å². The third kappa shape index (κ3) is 5.49. The number of benzene rings is 1. The molecule has 0 bridgehead atoms. The van der Waals surface area contributed by atoms with Crippen LogP contribution in [0.4, 0.5) is 0 Å². The van der Waals surface area contributed by atoms with E-state index < -0.39 is 0 Å². The molecule has 106 valence electrons. The number of rotatable bonds is 5. The molecular formula is C14H21ClN2O2. The Hall–Kier alpha value is -1.26. The Balaban J connectivity index is 0.00000180. The number of carbonyl (C=O) groups excluding carboxylic acids is 1. The van der Waals surface area contributed by atoms with Crippen molar-refractivity contribution in [3.8, 4) is 5.75 Å². The fourth-order valence-corrected chi connectivity index (χ4v) is 2.08. The summed E-state index contributed by atoms with van der Waals surface area (Å²) in [6, 6.07) is 9.63. The van der Waals surface area contributed by atoms with Crippen LogP contribution in [0, 0.1) is 5.92 Å². The zero-order valence-electron chi connectivity index (χ0n) is 10.9. The molecule has 1 aliphatic heterocycles. The van der Waals surface area contributed by atoms with Crippen molar-refractivity contribution < 1.29 is 9.53 Å². The van der Waals surface area contributed by atoms with Crippen LogP contribution in [0.2, 0.25) is 0 Å². The smallest absolute Gasteiger partial charge is 0.224 e. The topological polar surface area (TPSA) is 50.4 Å². The van der Waals surface area contributed by atoms with Crippen molar-refractivity contribution in [1.82, 2.24) is 10.6 Å². The molecule has 1 amide bonds.